The molecule has 0 bridgehead atoms. The number of fused-ring (bicyclic) bond motifs is 1. The van der Waals surface area contributed by atoms with Gasteiger partial charge in [0.2, 0.25) is 0 Å². The van der Waals surface area contributed by atoms with Crippen molar-refractivity contribution < 1.29 is 14.3 Å². The van der Waals surface area contributed by atoms with Crippen LogP contribution in [-0.4, -0.2) is 84.4 Å². The predicted molar refractivity (Wildman–Crippen MR) is 190 cm³/mol. The number of likely N-dealkylation sites (N-methyl/N-ethyl adjacent to an activating group) is 1. The van der Waals surface area contributed by atoms with Crippen molar-refractivity contribution in [1.29, 1.82) is 0 Å². The van der Waals surface area contributed by atoms with Crippen molar-refractivity contribution >= 4 is 33.9 Å². The van der Waals surface area contributed by atoms with Crippen LogP contribution in [0.2, 0.25) is 0 Å². The Kier molecular flexibility index (Phi) is 9.42. The molecule has 3 aromatic rings. The zero-order valence-electron chi connectivity index (χ0n) is 28.3. The lowest BCUT2D eigenvalue weighted by molar-refractivity contribution is 0.0830. The van der Waals surface area contributed by atoms with E-state index in [1.165, 1.54) is 12.8 Å². The summed E-state index contributed by atoms with van der Waals surface area (Å²) < 4.78 is 13.1. The molecule has 3 aliphatic rings. The maximum Gasteiger partial charge on any atom is 0.272 e. The van der Waals surface area contributed by atoms with Gasteiger partial charge in [0, 0.05) is 68.3 Å². The first-order chi connectivity index (χ1) is 22.7. The summed E-state index contributed by atoms with van der Waals surface area (Å²) in [6.45, 7) is 11.2. The van der Waals surface area contributed by atoms with E-state index in [1.54, 1.807) is 14.2 Å². The molecule has 2 fully saturated rings. The number of aromatic nitrogens is 1. The Hall–Kier alpha value is -4.54. The molecule has 47 heavy (non-hydrogen) atoms. The van der Waals surface area contributed by atoms with Crippen molar-refractivity contribution in [2.45, 2.75) is 38.6 Å². The Morgan fingerprint density at radius 2 is 1.70 bits per heavy atom. The molecular weight excluding hydrogens is 590 g/mol. The number of methoxy groups -OCH3 is 2. The lowest BCUT2D eigenvalue weighted by Crippen LogP contribution is -2.50. The van der Waals surface area contributed by atoms with Crippen LogP contribution < -0.4 is 20.5 Å². The second kappa shape index (κ2) is 13.7. The highest BCUT2D eigenvalue weighted by atomic mass is 16.5. The molecule has 0 atom stereocenters. The average molecular weight is 638 g/mol. The maximum absolute atomic E-state index is 13.5. The summed E-state index contributed by atoms with van der Waals surface area (Å²) >= 11 is 0. The Labute approximate surface area is 277 Å². The van der Waals surface area contributed by atoms with E-state index >= 15 is 0 Å². The van der Waals surface area contributed by atoms with E-state index in [2.05, 4.69) is 38.6 Å². The van der Waals surface area contributed by atoms with E-state index in [0.717, 1.165) is 72.6 Å². The molecule has 0 radical (unpaired) electrons. The van der Waals surface area contributed by atoms with Crippen molar-refractivity contribution in [1.82, 2.24) is 19.3 Å². The Balaban J connectivity index is 1.20. The smallest absolute Gasteiger partial charge is 0.272 e. The summed E-state index contributed by atoms with van der Waals surface area (Å²) in [6.07, 6.45) is 8.36. The molecule has 1 saturated carbocycles. The van der Waals surface area contributed by atoms with E-state index in [4.69, 9.17) is 15.2 Å². The molecule has 248 valence electrons. The fourth-order valence-corrected chi connectivity index (χ4v) is 7.26. The molecule has 10 nitrogen and oxygen atoms in total. The van der Waals surface area contributed by atoms with E-state index in [1.807, 2.05) is 73.4 Å². The van der Waals surface area contributed by atoms with Crippen LogP contribution in [-0.2, 0) is 7.05 Å². The molecule has 6 rings (SSSR count). The van der Waals surface area contributed by atoms with Gasteiger partial charge >= 0.3 is 0 Å². The molecule has 1 aromatic heterocycles. The SMILES string of the molecule is C=C(C1CCC(N2CCN(C)CC2)CC1)N1C=CN=C(C)/C1=C(/N)c1ccc(NC(=O)c2cc3c(OC)cccc3n2C)c(OC)c1. The normalized spacial score (nSPS) is 21.8. The Morgan fingerprint density at radius 3 is 2.40 bits per heavy atom. The number of nitrogens with two attached hydrogens (primary N) is 1. The van der Waals surface area contributed by atoms with Gasteiger partial charge in [0.25, 0.3) is 5.91 Å². The van der Waals surface area contributed by atoms with Gasteiger partial charge in [-0.2, -0.15) is 0 Å². The van der Waals surface area contributed by atoms with Crippen LogP contribution in [0.15, 0.2) is 77.8 Å². The number of aryl methyl sites for hydroxylation is 1. The van der Waals surface area contributed by atoms with Gasteiger partial charge in [0.05, 0.1) is 42.5 Å². The van der Waals surface area contributed by atoms with Gasteiger partial charge in [0.1, 0.15) is 17.2 Å². The van der Waals surface area contributed by atoms with Gasteiger partial charge in [-0.15, -0.1) is 0 Å². The van der Waals surface area contributed by atoms with Crippen molar-refractivity contribution in [2.24, 2.45) is 23.7 Å². The third-order valence-corrected chi connectivity index (χ3v) is 10.1. The summed E-state index contributed by atoms with van der Waals surface area (Å²) in [5.41, 5.74) is 12.9. The van der Waals surface area contributed by atoms with Crippen LogP contribution in [0, 0.1) is 5.92 Å². The number of aliphatic imine (C=N–C) groups is 1. The molecular formula is C37H47N7O3. The van der Waals surface area contributed by atoms with Crippen LogP contribution in [0.5, 0.6) is 11.5 Å². The number of allylic oxidation sites excluding steroid dienone is 2. The van der Waals surface area contributed by atoms with Gasteiger partial charge in [-0.25, -0.2) is 0 Å². The number of hydrogen-bond acceptors (Lipinski definition) is 8. The number of anilines is 1. The first kappa shape index (κ1) is 32.4. The quantitative estimate of drug-likeness (QED) is 0.330. The summed E-state index contributed by atoms with van der Waals surface area (Å²) in [6, 6.07) is 13.8. The first-order valence-electron chi connectivity index (χ1n) is 16.4. The minimum atomic E-state index is -0.256. The molecule has 1 aliphatic carbocycles. The number of ether oxygens (including phenoxy) is 2. The molecule has 10 heteroatoms. The van der Waals surface area contributed by atoms with Crippen LogP contribution in [0.3, 0.4) is 0 Å². The summed E-state index contributed by atoms with van der Waals surface area (Å²) in [5.74, 6) is 1.34. The number of amides is 1. The van der Waals surface area contributed by atoms with Crippen LogP contribution in [0.1, 0.15) is 48.7 Å². The lowest BCUT2D eigenvalue weighted by Gasteiger charge is -2.42. The number of hydrogen-bond donors (Lipinski definition) is 2. The molecule has 2 aromatic carbocycles. The highest BCUT2D eigenvalue weighted by Gasteiger charge is 2.32. The number of carbonyl (C=O) groups excluding carboxylic acids is 1. The molecule has 3 N–H and O–H groups in total. The van der Waals surface area contributed by atoms with E-state index in [9.17, 15) is 4.79 Å². The van der Waals surface area contributed by atoms with Gasteiger partial charge in [-0.1, -0.05) is 18.7 Å². The third-order valence-electron chi connectivity index (χ3n) is 10.1. The molecule has 3 heterocycles. The van der Waals surface area contributed by atoms with E-state index in [-0.39, 0.29) is 5.91 Å². The summed E-state index contributed by atoms with van der Waals surface area (Å²) in [4.78, 5) is 25.3. The summed E-state index contributed by atoms with van der Waals surface area (Å²) in [7, 11) is 7.29. The minimum Gasteiger partial charge on any atom is -0.496 e. The topological polar surface area (TPSA) is 101 Å². The Morgan fingerprint density at radius 1 is 0.979 bits per heavy atom. The van der Waals surface area contributed by atoms with Crippen LogP contribution in [0.25, 0.3) is 16.6 Å². The molecule has 2 aliphatic heterocycles. The van der Waals surface area contributed by atoms with Crippen molar-refractivity contribution in [3.8, 4) is 11.5 Å². The standard InChI is InChI=1S/C37H47N7O3/c1-24-36(44(17-16-39-24)25(2)26-10-13-28(14-11-26)43-20-18-41(3)19-21-43)35(38)27-12-15-30(34(22-27)47-6)40-37(45)32-23-29-31(42(32)4)8-7-9-33(29)46-5/h7-9,12,15-17,22-23,26,28H,2,10-11,13-14,18-21,38H2,1,3-6H3,(H,40,45)/b36-35-. The number of piperazine rings is 1. The van der Waals surface area contributed by atoms with Crippen molar-refractivity contribution in [2.75, 3.05) is 52.8 Å². The van der Waals surface area contributed by atoms with Crippen molar-refractivity contribution in [3.63, 3.8) is 0 Å². The zero-order valence-corrected chi connectivity index (χ0v) is 28.3. The number of benzene rings is 2. The van der Waals surface area contributed by atoms with E-state index in [0.29, 0.717) is 40.5 Å². The maximum atomic E-state index is 13.5. The molecule has 0 spiro atoms. The Bertz CT molecular complexity index is 1750. The van der Waals surface area contributed by atoms with Crippen LogP contribution >= 0.6 is 0 Å². The predicted octanol–water partition coefficient (Wildman–Crippen LogP) is 5.64. The molecule has 0 unspecified atom stereocenters. The largest absolute Gasteiger partial charge is 0.496 e. The van der Waals surface area contributed by atoms with Gasteiger partial charge in [-0.3, -0.25) is 14.7 Å². The summed E-state index contributed by atoms with van der Waals surface area (Å²) in [5, 5.41) is 3.90. The third kappa shape index (κ3) is 6.40. The fraction of sp³-hybridized carbons (Fsp3) is 0.405. The highest BCUT2D eigenvalue weighted by molar-refractivity contribution is 6.08. The van der Waals surface area contributed by atoms with Crippen molar-refractivity contribution in [3.05, 3.63) is 84.1 Å². The average Bonchev–Trinajstić information content (AvgIpc) is 3.44. The highest BCUT2D eigenvalue weighted by Crippen LogP contribution is 2.38. The fourth-order valence-electron chi connectivity index (χ4n) is 7.26. The number of nitrogens with zero attached hydrogens (tertiary/aromatic N) is 5. The monoisotopic (exact) mass is 637 g/mol. The minimum absolute atomic E-state index is 0.256. The molecule has 1 saturated heterocycles. The van der Waals surface area contributed by atoms with Gasteiger partial charge in [-0.05, 0) is 75.9 Å². The number of rotatable bonds is 8. The van der Waals surface area contributed by atoms with Crippen LogP contribution in [0.4, 0.5) is 5.69 Å². The lowest BCUT2D eigenvalue weighted by atomic mass is 9.82. The number of carbonyl (C=O) groups is 1. The van der Waals surface area contributed by atoms with Gasteiger partial charge < -0.3 is 34.9 Å². The van der Waals surface area contributed by atoms with E-state index < -0.39 is 0 Å². The zero-order chi connectivity index (χ0) is 33.2. The number of nitrogens with one attached hydrogen (secondary N) is 1. The molecule has 1 amide bonds. The van der Waals surface area contributed by atoms with Gasteiger partial charge in [0.15, 0.2) is 0 Å². The first-order valence-corrected chi connectivity index (χ1v) is 16.4. The second-order valence-corrected chi connectivity index (χ2v) is 12.8. The second-order valence-electron chi connectivity index (χ2n) is 12.8.